The molecule has 1 unspecified atom stereocenters. The first-order chi connectivity index (χ1) is 11.6. The van der Waals surface area contributed by atoms with Crippen LogP contribution in [0.1, 0.15) is 36.1 Å². The Morgan fingerprint density at radius 2 is 1.79 bits per heavy atom. The van der Waals surface area contributed by atoms with Crippen LogP contribution >= 0.6 is 0 Å². The molecule has 0 aliphatic rings. The molecule has 4 nitrogen and oxygen atoms in total. The van der Waals surface area contributed by atoms with E-state index in [0.29, 0.717) is 11.5 Å². The average molecular weight is 327 g/mol. The number of hydrogen-bond acceptors (Lipinski definition) is 3. The highest BCUT2D eigenvalue weighted by Crippen LogP contribution is 2.25. The summed E-state index contributed by atoms with van der Waals surface area (Å²) in [6.45, 7) is 4.12. The predicted octanol–water partition coefficient (Wildman–Crippen LogP) is 3.82. The molecule has 0 spiro atoms. The average Bonchev–Trinajstić information content (AvgIpc) is 2.60. The molecule has 2 aromatic carbocycles. The molecule has 128 valence electrons. The van der Waals surface area contributed by atoms with Crippen molar-refractivity contribution in [3.8, 4) is 11.5 Å². The number of hydrogen-bond donors (Lipinski definition) is 1. The maximum Gasteiger partial charge on any atom is 0.225 e. The highest BCUT2D eigenvalue weighted by molar-refractivity contribution is 5.80. The first-order valence-electron chi connectivity index (χ1n) is 8.14. The van der Waals surface area contributed by atoms with Gasteiger partial charge in [0.1, 0.15) is 11.5 Å². The minimum atomic E-state index is -0.0334. The molecule has 0 aromatic heterocycles. The van der Waals surface area contributed by atoms with Gasteiger partial charge in [0.2, 0.25) is 5.91 Å². The molecule has 1 N–H and O–H groups in total. The summed E-state index contributed by atoms with van der Waals surface area (Å²) in [6, 6.07) is 13.7. The predicted molar refractivity (Wildman–Crippen MR) is 95.6 cm³/mol. The van der Waals surface area contributed by atoms with Gasteiger partial charge in [0.05, 0.1) is 26.7 Å². The normalized spacial score (nSPS) is 11.7. The summed E-state index contributed by atoms with van der Waals surface area (Å²) in [5, 5.41) is 3.10. The Kier molecular flexibility index (Phi) is 6.24. The Morgan fingerprint density at radius 3 is 2.38 bits per heavy atom. The first kappa shape index (κ1) is 17.9. The maximum absolute atomic E-state index is 12.5. The van der Waals surface area contributed by atoms with Crippen molar-refractivity contribution in [2.45, 2.75) is 32.7 Å². The summed E-state index contributed by atoms with van der Waals surface area (Å²) in [7, 11) is 3.21. The summed E-state index contributed by atoms with van der Waals surface area (Å²) >= 11 is 0. The van der Waals surface area contributed by atoms with E-state index < -0.39 is 0 Å². The van der Waals surface area contributed by atoms with Crippen LogP contribution in [0.4, 0.5) is 0 Å². The smallest absolute Gasteiger partial charge is 0.225 e. The highest BCUT2D eigenvalue weighted by atomic mass is 16.5. The van der Waals surface area contributed by atoms with Crippen LogP contribution in [0.15, 0.2) is 42.5 Å². The quantitative estimate of drug-likeness (QED) is 0.841. The van der Waals surface area contributed by atoms with Crippen LogP contribution in [-0.4, -0.2) is 20.1 Å². The number of nitrogens with one attached hydrogen (secondary N) is 1. The van der Waals surface area contributed by atoms with E-state index in [1.807, 2.05) is 18.2 Å². The van der Waals surface area contributed by atoms with Crippen LogP contribution in [0.25, 0.3) is 0 Å². The van der Waals surface area contributed by atoms with Gasteiger partial charge < -0.3 is 14.8 Å². The Hall–Kier alpha value is -2.49. The van der Waals surface area contributed by atoms with Crippen molar-refractivity contribution in [2.75, 3.05) is 14.2 Å². The van der Waals surface area contributed by atoms with Crippen LogP contribution in [0.2, 0.25) is 0 Å². The molecule has 0 radical (unpaired) electrons. The highest BCUT2D eigenvalue weighted by Gasteiger charge is 2.15. The van der Waals surface area contributed by atoms with Crippen LogP contribution in [-0.2, 0) is 11.2 Å². The lowest BCUT2D eigenvalue weighted by Crippen LogP contribution is -2.29. The van der Waals surface area contributed by atoms with Gasteiger partial charge in [-0.3, -0.25) is 4.79 Å². The van der Waals surface area contributed by atoms with Gasteiger partial charge in [-0.2, -0.15) is 0 Å². The number of ether oxygens (including phenoxy) is 2. The SMILES string of the molecule is CCC(NC(=O)Cc1cc(OC)ccc1OC)c1ccc(C)cc1. The third-order valence-electron chi connectivity index (χ3n) is 4.06. The fourth-order valence-electron chi connectivity index (χ4n) is 2.66. The number of methoxy groups -OCH3 is 2. The molecule has 0 aliphatic heterocycles. The van der Waals surface area contributed by atoms with Crippen LogP contribution in [0, 0.1) is 6.92 Å². The van der Waals surface area contributed by atoms with Crippen LogP contribution in [0.3, 0.4) is 0 Å². The Balaban J connectivity index is 2.10. The van der Waals surface area contributed by atoms with Gasteiger partial charge in [0, 0.05) is 5.56 Å². The number of carbonyl (C=O) groups is 1. The molecule has 0 fully saturated rings. The summed E-state index contributed by atoms with van der Waals surface area (Å²) in [6.07, 6.45) is 1.09. The second kappa shape index (κ2) is 8.39. The molecular formula is C20H25NO3. The second-order valence-electron chi connectivity index (χ2n) is 5.79. The van der Waals surface area contributed by atoms with Crippen molar-refractivity contribution in [3.05, 3.63) is 59.2 Å². The van der Waals surface area contributed by atoms with E-state index in [1.165, 1.54) is 5.56 Å². The lowest BCUT2D eigenvalue weighted by atomic mass is 10.0. The fraction of sp³-hybridized carbons (Fsp3) is 0.350. The minimum Gasteiger partial charge on any atom is -0.497 e. The molecule has 0 saturated carbocycles. The zero-order chi connectivity index (χ0) is 17.5. The van der Waals surface area contributed by atoms with E-state index in [1.54, 1.807) is 14.2 Å². The number of amides is 1. The van der Waals surface area contributed by atoms with Crippen molar-refractivity contribution in [3.63, 3.8) is 0 Å². The second-order valence-corrected chi connectivity index (χ2v) is 5.79. The zero-order valence-electron chi connectivity index (χ0n) is 14.8. The van der Waals surface area contributed by atoms with E-state index in [4.69, 9.17) is 9.47 Å². The van der Waals surface area contributed by atoms with Gasteiger partial charge in [0.25, 0.3) is 0 Å². The van der Waals surface area contributed by atoms with E-state index in [-0.39, 0.29) is 18.4 Å². The number of rotatable bonds is 7. The van der Waals surface area contributed by atoms with Gasteiger partial charge in [-0.25, -0.2) is 0 Å². The molecule has 4 heteroatoms. The summed E-state index contributed by atoms with van der Waals surface area (Å²) < 4.78 is 10.6. The van der Waals surface area contributed by atoms with Crippen molar-refractivity contribution in [2.24, 2.45) is 0 Å². The Morgan fingerprint density at radius 1 is 1.08 bits per heavy atom. The van der Waals surface area contributed by atoms with Gasteiger partial charge in [-0.05, 0) is 37.1 Å². The number of benzene rings is 2. The molecule has 0 saturated heterocycles. The molecule has 1 atom stereocenters. The summed E-state index contributed by atoms with van der Waals surface area (Å²) in [5.41, 5.74) is 3.14. The maximum atomic E-state index is 12.5. The van der Waals surface area contributed by atoms with E-state index in [9.17, 15) is 4.79 Å². The molecule has 1 amide bonds. The molecular weight excluding hydrogens is 302 g/mol. The third-order valence-corrected chi connectivity index (χ3v) is 4.06. The first-order valence-corrected chi connectivity index (χ1v) is 8.14. The third kappa shape index (κ3) is 4.51. The van der Waals surface area contributed by atoms with E-state index >= 15 is 0 Å². The Bertz CT molecular complexity index is 680. The number of aryl methyl sites for hydroxylation is 1. The van der Waals surface area contributed by atoms with Crippen molar-refractivity contribution >= 4 is 5.91 Å². The monoisotopic (exact) mass is 327 g/mol. The molecule has 0 heterocycles. The summed E-state index contributed by atoms with van der Waals surface area (Å²) in [5.74, 6) is 1.37. The molecule has 0 aliphatic carbocycles. The largest absolute Gasteiger partial charge is 0.497 e. The Labute approximate surface area is 143 Å². The fourth-order valence-corrected chi connectivity index (χ4v) is 2.66. The van der Waals surface area contributed by atoms with Gasteiger partial charge in [0.15, 0.2) is 0 Å². The van der Waals surface area contributed by atoms with Crippen molar-refractivity contribution in [1.82, 2.24) is 5.32 Å². The number of carbonyl (C=O) groups excluding carboxylic acids is 1. The van der Waals surface area contributed by atoms with Gasteiger partial charge >= 0.3 is 0 Å². The van der Waals surface area contributed by atoms with E-state index in [2.05, 4.69) is 43.4 Å². The lowest BCUT2D eigenvalue weighted by molar-refractivity contribution is -0.121. The van der Waals surface area contributed by atoms with E-state index in [0.717, 1.165) is 17.5 Å². The minimum absolute atomic E-state index is 0.00898. The topological polar surface area (TPSA) is 47.6 Å². The van der Waals surface area contributed by atoms with Crippen LogP contribution < -0.4 is 14.8 Å². The molecule has 2 rings (SSSR count). The zero-order valence-corrected chi connectivity index (χ0v) is 14.8. The summed E-state index contributed by atoms with van der Waals surface area (Å²) in [4.78, 5) is 12.5. The molecule has 2 aromatic rings. The molecule has 0 bridgehead atoms. The van der Waals surface area contributed by atoms with Crippen molar-refractivity contribution < 1.29 is 14.3 Å². The lowest BCUT2D eigenvalue weighted by Gasteiger charge is -2.18. The van der Waals surface area contributed by atoms with Gasteiger partial charge in [-0.15, -0.1) is 0 Å². The standard InChI is InChI=1S/C20H25NO3/c1-5-18(15-8-6-14(2)7-9-15)21-20(22)13-16-12-17(23-3)10-11-19(16)24-4/h6-12,18H,5,13H2,1-4H3,(H,21,22). The van der Waals surface area contributed by atoms with Crippen molar-refractivity contribution in [1.29, 1.82) is 0 Å². The van der Waals surface area contributed by atoms with Crippen LogP contribution in [0.5, 0.6) is 11.5 Å². The van der Waals surface area contributed by atoms with Gasteiger partial charge in [-0.1, -0.05) is 36.8 Å². The molecule has 24 heavy (non-hydrogen) atoms.